The molecule has 108 valence electrons. The van der Waals surface area contributed by atoms with E-state index in [2.05, 4.69) is 48.7 Å². The molecule has 1 heterocycles. The number of fused-ring (bicyclic) bond motifs is 1. The summed E-state index contributed by atoms with van der Waals surface area (Å²) in [5, 5.41) is 0.739. The van der Waals surface area contributed by atoms with Gasteiger partial charge in [0.2, 0.25) is 0 Å². The number of nitrogens with zero attached hydrogens (tertiary/aromatic N) is 2. The minimum Gasteiger partial charge on any atom is -0.327 e. The molecule has 0 unspecified atom stereocenters. The second-order valence-corrected chi connectivity index (χ2v) is 6.26. The molecule has 0 aliphatic rings. The summed E-state index contributed by atoms with van der Waals surface area (Å²) in [4.78, 5) is 4.80. The monoisotopic (exact) mass is 298 g/mol. The smallest absolute Gasteiger partial charge is 0.114 e. The van der Waals surface area contributed by atoms with Crippen LogP contribution in [0.4, 0.5) is 0 Å². The van der Waals surface area contributed by atoms with Crippen molar-refractivity contribution >= 4 is 22.6 Å². The van der Waals surface area contributed by atoms with Crippen LogP contribution in [0.2, 0.25) is 5.02 Å². The van der Waals surface area contributed by atoms with Crippen molar-refractivity contribution in [3.05, 3.63) is 64.9 Å². The summed E-state index contributed by atoms with van der Waals surface area (Å²) in [6, 6.07) is 16.4. The quantitative estimate of drug-likeness (QED) is 0.667. The molecule has 0 bridgehead atoms. The van der Waals surface area contributed by atoms with Gasteiger partial charge < -0.3 is 4.57 Å². The summed E-state index contributed by atoms with van der Waals surface area (Å²) in [6.07, 6.45) is 0.847. The Morgan fingerprint density at radius 2 is 1.86 bits per heavy atom. The van der Waals surface area contributed by atoms with Gasteiger partial charge in [-0.15, -0.1) is 0 Å². The molecule has 0 spiro atoms. The van der Waals surface area contributed by atoms with E-state index in [1.807, 2.05) is 18.2 Å². The molecule has 0 fully saturated rings. The second kappa shape index (κ2) is 5.90. The SMILES string of the molecule is CC(C)Cn1c(Cc2ccccc2)nc2cc(Cl)ccc21. The number of halogens is 1. The molecule has 1 aromatic heterocycles. The molecule has 0 N–H and O–H groups in total. The van der Waals surface area contributed by atoms with Gasteiger partial charge in [-0.05, 0) is 29.7 Å². The van der Waals surface area contributed by atoms with E-state index in [0.717, 1.165) is 29.3 Å². The topological polar surface area (TPSA) is 17.8 Å². The molecule has 0 amide bonds. The van der Waals surface area contributed by atoms with E-state index < -0.39 is 0 Å². The molecule has 3 aromatic rings. The average molecular weight is 299 g/mol. The number of imidazole rings is 1. The molecule has 21 heavy (non-hydrogen) atoms. The lowest BCUT2D eigenvalue weighted by atomic mass is 10.1. The van der Waals surface area contributed by atoms with Gasteiger partial charge in [0, 0.05) is 18.0 Å². The number of hydrogen-bond donors (Lipinski definition) is 0. The fourth-order valence-electron chi connectivity index (χ4n) is 2.64. The van der Waals surface area contributed by atoms with Crippen molar-refractivity contribution in [1.82, 2.24) is 9.55 Å². The van der Waals surface area contributed by atoms with E-state index in [1.54, 1.807) is 0 Å². The van der Waals surface area contributed by atoms with E-state index in [1.165, 1.54) is 11.1 Å². The van der Waals surface area contributed by atoms with Gasteiger partial charge >= 0.3 is 0 Å². The molecule has 0 saturated carbocycles. The summed E-state index contributed by atoms with van der Waals surface area (Å²) in [5.74, 6) is 1.68. The zero-order valence-electron chi connectivity index (χ0n) is 12.4. The number of rotatable bonds is 4. The predicted octanol–water partition coefficient (Wildman–Crippen LogP) is 4.94. The Kier molecular flexibility index (Phi) is 3.98. The normalized spacial score (nSPS) is 11.4. The fourth-order valence-corrected chi connectivity index (χ4v) is 2.80. The summed E-state index contributed by atoms with van der Waals surface area (Å²) in [5.41, 5.74) is 3.43. The Bertz CT molecular complexity index is 745. The van der Waals surface area contributed by atoms with Crippen LogP contribution in [-0.2, 0) is 13.0 Å². The Hall–Kier alpha value is -1.80. The van der Waals surface area contributed by atoms with Crippen molar-refractivity contribution in [1.29, 1.82) is 0 Å². The Morgan fingerprint density at radius 1 is 1.10 bits per heavy atom. The molecule has 3 heteroatoms. The van der Waals surface area contributed by atoms with E-state index in [-0.39, 0.29) is 0 Å². The van der Waals surface area contributed by atoms with Gasteiger partial charge in [-0.3, -0.25) is 0 Å². The van der Waals surface area contributed by atoms with Crippen LogP contribution >= 0.6 is 11.6 Å². The molecule has 2 nitrogen and oxygen atoms in total. The third-order valence-corrected chi connectivity index (χ3v) is 3.78. The van der Waals surface area contributed by atoms with Crippen LogP contribution in [0.3, 0.4) is 0 Å². The third kappa shape index (κ3) is 3.11. The predicted molar refractivity (Wildman–Crippen MR) is 88.8 cm³/mol. The van der Waals surface area contributed by atoms with Crippen LogP contribution in [0.5, 0.6) is 0 Å². The van der Waals surface area contributed by atoms with Crippen molar-refractivity contribution in [2.45, 2.75) is 26.8 Å². The molecule has 0 saturated heterocycles. The van der Waals surface area contributed by atoms with Crippen molar-refractivity contribution in [2.24, 2.45) is 5.92 Å². The van der Waals surface area contributed by atoms with Gasteiger partial charge in [0.15, 0.2) is 0 Å². The highest BCUT2D eigenvalue weighted by molar-refractivity contribution is 6.31. The minimum atomic E-state index is 0.576. The van der Waals surface area contributed by atoms with Crippen molar-refractivity contribution < 1.29 is 0 Å². The first-order valence-corrected chi connectivity index (χ1v) is 7.70. The van der Waals surface area contributed by atoms with Crippen molar-refractivity contribution in [3.63, 3.8) is 0 Å². The van der Waals surface area contributed by atoms with Crippen LogP contribution < -0.4 is 0 Å². The summed E-state index contributed by atoms with van der Waals surface area (Å²) >= 11 is 6.10. The third-order valence-electron chi connectivity index (χ3n) is 3.54. The van der Waals surface area contributed by atoms with E-state index in [0.29, 0.717) is 5.92 Å². The lowest BCUT2D eigenvalue weighted by Gasteiger charge is -2.12. The average Bonchev–Trinajstić information content (AvgIpc) is 2.76. The Balaban J connectivity index is 2.07. The zero-order valence-corrected chi connectivity index (χ0v) is 13.1. The van der Waals surface area contributed by atoms with E-state index >= 15 is 0 Å². The number of benzene rings is 2. The summed E-state index contributed by atoms with van der Waals surface area (Å²) < 4.78 is 2.32. The molecular formula is C18H19ClN2. The Morgan fingerprint density at radius 3 is 2.57 bits per heavy atom. The Labute approximate surface area is 130 Å². The van der Waals surface area contributed by atoms with Gasteiger partial charge in [-0.25, -0.2) is 4.98 Å². The highest BCUT2D eigenvalue weighted by atomic mass is 35.5. The maximum Gasteiger partial charge on any atom is 0.114 e. The number of hydrogen-bond acceptors (Lipinski definition) is 1. The highest BCUT2D eigenvalue weighted by Gasteiger charge is 2.12. The first-order chi connectivity index (χ1) is 10.1. The van der Waals surface area contributed by atoms with Crippen LogP contribution in [-0.4, -0.2) is 9.55 Å². The molecule has 0 aliphatic heterocycles. The van der Waals surface area contributed by atoms with Crippen LogP contribution in [0, 0.1) is 5.92 Å². The van der Waals surface area contributed by atoms with E-state index in [9.17, 15) is 0 Å². The van der Waals surface area contributed by atoms with Gasteiger partial charge in [-0.2, -0.15) is 0 Å². The fraction of sp³-hybridized carbons (Fsp3) is 0.278. The lowest BCUT2D eigenvalue weighted by molar-refractivity contribution is 0.520. The maximum absolute atomic E-state index is 6.10. The highest BCUT2D eigenvalue weighted by Crippen LogP contribution is 2.23. The molecule has 0 radical (unpaired) electrons. The van der Waals surface area contributed by atoms with Crippen LogP contribution in [0.25, 0.3) is 11.0 Å². The minimum absolute atomic E-state index is 0.576. The maximum atomic E-state index is 6.10. The summed E-state index contributed by atoms with van der Waals surface area (Å²) in [6.45, 7) is 5.43. The largest absolute Gasteiger partial charge is 0.327 e. The van der Waals surface area contributed by atoms with E-state index in [4.69, 9.17) is 16.6 Å². The molecule has 0 aliphatic carbocycles. The van der Waals surface area contributed by atoms with Crippen LogP contribution in [0.1, 0.15) is 25.2 Å². The van der Waals surface area contributed by atoms with Gasteiger partial charge in [0.1, 0.15) is 5.82 Å². The van der Waals surface area contributed by atoms with Gasteiger partial charge in [0.05, 0.1) is 11.0 Å². The number of aromatic nitrogens is 2. The molecular weight excluding hydrogens is 280 g/mol. The molecule has 2 aromatic carbocycles. The zero-order chi connectivity index (χ0) is 14.8. The van der Waals surface area contributed by atoms with Gasteiger partial charge in [0.25, 0.3) is 0 Å². The standard InChI is InChI=1S/C18H19ClN2/c1-13(2)12-21-17-9-8-15(19)11-16(17)20-18(21)10-14-6-4-3-5-7-14/h3-9,11,13H,10,12H2,1-2H3. The van der Waals surface area contributed by atoms with Crippen molar-refractivity contribution in [3.8, 4) is 0 Å². The van der Waals surface area contributed by atoms with Gasteiger partial charge in [-0.1, -0.05) is 55.8 Å². The van der Waals surface area contributed by atoms with Crippen LogP contribution in [0.15, 0.2) is 48.5 Å². The first kappa shape index (κ1) is 14.2. The van der Waals surface area contributed by atoms with Crippen molar-refractivity contribution in [2.75, 3.05) is 0 Å². The first-order valence-electron chi connectivity index (χ1n) is 7.32. The second-order valence-electron chi connectivity index (χ2n) is 5.83. The molecule has 3 rings (SSSR count). The molecule has 0 atom stereocenters. The lowest BCUT2D eigenvalue weighted by Crippen LogP contribution is -2.09. The summed E-state index contributed by atoms with van der Waals surface area (Å²) in [7, 11) is 0.